The first-order valence-corrected chi connectivity index (χ1v) is 9.76. The van der Waals surface area contributed by atoms with Crippen LogP contribution >= 0.6 is 11.3 Å². The highest BCUT2D eigenvalue weighted by Gasteiger charge is 2.31. The van der Waals surface area contributed by atoms with Crippen LogP contribution in [0.15, 0.2) is 11.4 Å². The molecule has 1 aromatic rings. The Bertz CT molecular complexity index is 652. The lowest BCUT2D eigenvalue weighted by Gasteiger charge is -2.26. The number of amides is 1. The lowest BCUT2D eigenvalue weighted by atomic mass is 10.1. The first-order chi connectivity index (χ1) is 10.5. The van der Waals surface area contributed by atoms with Crippen LogP contribution in [0.3, 0.4) is 0 Å². The minimum atomic E-state index is -3.81. The van der Waals surface area contributed by atoms with E-state index in [0.29, 0.717) is 32.0 Å². The average Bonchev–Trinajstić information content (AvgIpc) is 3.19. The van der Waals surface area contributed by atoms with Crippen molar-refractivity contribution in [3.05, 3.63) is 21.9 Å². The molecule has 1 aliphatic heterocycles. The van der Waals surface area contributed by atoms with Gasteiger partial charge in [-0.15, -0.1) is 11.3 Å². The first kappa shape index (κ1) is 15.9. The van der Waals surface area contributed by atoms with Crippen molar-refractivity contribution in [1.29, 1.82) is 0 Å². The minimum Gasteiger partial charge on any atom is -0.368 e. The molecular formula is C14H20N2O4S2. The Balaban J connectivity index is 1.57. The number of thiophene rings is 1. The standard InChI is InChI=1S/C14H20N2O4S2/c1-10(20-9-11-2-3-11)14(17)15-22(18,19)16-6-4-13-12(8-16)5-7-21-13/h5,7,10-11H,2-4,6,8-9H2,1H3,(H,15,17)/t10-/m0/s1. The maximum absolute atomic E-state index is 12.3. The zero-order valence-electron chi connectivity index (χ0n) is 12.4. The summed E-state index contributed by atoms with van der Waals surface area (Å²) in [6, 6.07) is 1.94. The molecule has 3 rings (SSSR count). The van der Waals surface area contributed by atoms with Crippen molar-refractivity contribution in [1.82, 2.24) is 9.03 Å². The summed E-state index contributed by atoms with van der Waals surface area (Å²) in [6.07, 6.45) is 2.19. The number of rotatable bonds is 6. The van der Waals surface area contributed by atoms with Gasteiger partial charge in [0.05, 0.1) is 6.61 Å². The van der Waals surface area contributed by atoms with Crippen LogP contribution in [0.4, 0.5) is 0 Å². The Hall–Kier alpha value is -0.960. The van der Waals surface area contributed by atoms with Crippen molar-refractivity contribution >= 4 is 27.5 Å². The van der Waals surface area contributed by atoms with Crippen molar-refractivity contribution in [2.45, 2.75) is 38.8 Å². The van der Waals surface area contributed by atoms with Crippen LogP contribution in [0, 0.1) is 5.92 Å². The topological polar surface area (TPSA) is 75.7 Å². The predicted molar refractivity (Wildman–Crippen MR) is 83.6 cm³/mol. The predicted octanol–water partition coefficient (Wildman–Crippen LogP) is 1.28. The van der Waals surface area contributed by atoms with E-state index >= 15 is 0 Å². The SMILES string of the molecule is C[C@H](OCC1CC1)C(=O)NS(=O)(=O)N1CCc2sccc2C1. The van der Waals surface area contributed by atoms with Crippen LogP contribution in [0.1, 0.15) is 30.2 Å². The fourth-order valence-electron chi connectivity index (χ4n) is 2.34. The largest absolute Gasteiger partial charge is 0.368 e. The molecule has 122 valence electrons. The average molecular weight is 344 g/mol. The number of nitrogens with one attached hydrogen (secondary N) is 1. The number of carbonyl (C=O) groups excluding carboxylic acids is 1. The van der Waals surface area contributed by atoms with E-state index in [1.165, 1.54) is 9.18 Å². The molecule has 6 nitrogen and oxygen atoms in total. The molecule has 2 heterocycles. The zero-order chi connectivity index (χ0) is 15.7. The van der Waals surface area contributed by atoms with Crippen LogP contribution < -0.4 is 4.72 Å². The third kappa shape index (κ3) is 3.68. The quantitative estimate of drug-likeness (QED) is 0.843. The molecule has 1 saturated carbocycles. The van der Waals surface area contributed by atoms with E-state index in [9.17, 15) is 13.2 Å². The van der Waals surface area contributed by atoms with Crippen LogP contribution in [-0.4, -0.2) is 37.9 Å². The first-order valence-electron chi connectivity index (χ1n) is 7.44. The Kier molecular flexibility index (Phi) is 4.54. The van der Waals surface area contributed by atoms with Crippen molar-refractivity contribution in [2.75, 3.05) is 13.2 Å². The van der Waals surface area contributed by atoms with Crippen molar-refractivity contribution in [2.24, 2.45) is 5.92 Å². The summed E-state index contributed by atoms with van der Waals surface area (Å²) in [6.45, 7) is 2.82. The van der Waals surface area contributed by atoms with E-state index < -0.39 is 22.2 Å². The van der Waals surface area contributed by atoms with Gasteiger partial charge in [-0.25, -0.2) is 4.72 Å². The van der Waals surface area contributed by atoms with Crippen LogP contribution in [0.5, 0.6) is 0 Å². The van der Waals surface area contributed by atoms with E-state index in [-0.39, 0.29) is 0 Å². The molecule has 1 aliphatic carbocycles. The summed E-state index contributed by atoms with van der Waals surface area (Å²) in [5.74, 6) is -0.0669. The van der Waals surface area contributed by atoms with Gasteiger partial charge < -0.3 is 4.74 Å². The van der Waals surface area contributed by atoms with Gasteiger partial charge in [0.1, 0.15) is 6.10 Å². The Morgan fingerprint density at radius 1 is 1.55 bits per heavy atom. The normalized spacial score (nSPS) is 20.4. The van der Waals surface area contributed by atoms with Gasteiger partial charge >= 0.3 is 10.2 Å². The van der Waals surface area contributed by atoms with E-state index in [1.54, 1.807) is 18.3 Å². The fourth-order valence-corrected chi connectivity index (χ4v) is 4.42. The third-order valence-corrected chi connectivity index (χ3v) is 6.46. The minimum absolute atomic E-state index is 0.318. The number of fused-ring (bicyclic) bond motifs is 1. The second kappa shape index (κ2) is 6.27. The van der Waals surface area contributed by atoms with Crippen LogP contribution in [0.25, 0.3) is 0 Å². The summed E-state index contributed by atoms with van der Waals surface area (Å²) in [7, 11) is -3.81. The van der Waals surface area contributed by atoms with Crippen LogP contribution in [0.2, 0.25) is 0 Å². The molecule has 1 N–H and O–H groups in total. The number of nitrogens with zero attached hydrogens (tertiary/aromatic N) is 1. The highest BCUT2D eigenvalue weighted by molar-refractivity contribution is 7.87. The molecule has 1 fully saturated rings. The van der Waals surface area contributed by atoms with E-state index in [1.807, 2.05) is 11.4 Å². The molecule has 1 atom stereocenters. The summed E-state index contributed by atoms with van der Waals surface area (Å²) >= 11 is 1.64. The van der Waals surface area contributed by atoms with Gasteiger partial charge in [0.25, 0.3) is 5.91 Å². The zero-order valence-corrected chi connectivity index (χ0v) is 14.1. The van der Waals surface area contributed by atoms with Gasteiger partial charge in [-0.2, -0.15) is 12.7 Å². The maximum Gasteiger partial charge on any atom is 0.304 e. The summed E-state index contributed by atoms with van der Waals surface area (Å²) in [5.41, 5.74) is 1.02. The summed E-state index contributed by atoms with van der Waals surface area (Å²) in [5, 5.41) is 1.97. The highest BCUT2D eigenvalue weighted by Crippen LogP contribution is 2.29. The molecule has 0 saturated heterocycles. The lowest BCUT2D eigenvalue weighted by molar-refractivity contribution is -0.130. The highest BCUT2D eigenvalue weighted by atomic mass is 32.2. The molecule has 0 radical (unpaired) electrons. The molecule has 0 unspecified atom stereocenters. The lowest BCUT2D eigenvalue weighted by Crippen LogP contribution is -2.48. The Morgan fingerprint density at radius 2 is 2.32 bits per heavy atom. The molecule has 0 bridgehead atoms. The second-order valence-corrected chi connectivity index (χ2v) is 8.51. The van der Waals surface area contributed by atoms with E-state index in [4.69, 9.17) is 4.74 Å². The monoisotopic (exact) mass is 344 g/mol. The van der Waals surface area contributed by atoms with Gasteiger partial charge in [0.15, 0.2) is 0 Å². The van der Waals surface area contributed by atoms with E-state index in [2.05, 4.69) is 4.72 Å². The third-order valence-electron chi connectivity index (χ3n) is 3.99. The number of ether oxygens (including phenoxy) is 1. The van der Waals surface area contributed by atoms with E-state index in [0.717, 1.165) is 18.4 Å². The molecule has 2 aliphatic rings. The van der Waals surface area contributed by atoms with Crippen LogP contribution in [-0.2, 0) is 32.7 Å². The number of hydrogen-bond acceptors (Lipinski definition) is 5. The van der Waals surface area contributed by atoms with Gasteiger partial charge in [-0.3, -0.25) is 4.79 Å². The van der Waals surface area contributed by atoms with Crippen molar-refractivity contribution in [3.8, 4) is 0 Å². The van der Waals surface area contributed by atoms with Gasteiger partial charge in [0, 0.05) is 18.0 Å². The molecule has 22 heavy (non-hydrogen) atoms. The second-order valence-electron chi connectivity index (χ2n) is 5.84. The molecular weight excluding hydrogens is 324 g/mol. The summed E-state index contributed by atoms with van der Waals surface area (Å²) < 4.78 is 33.5. The van der Waals surface area contributed by atoms with Gasteiger partial charge in [-0.05, 0) is 49.1 Å². The van der Waals surface area contributed by atoms with Gasteiger partial charge in [-0.1, -0.05) is 0 Å². The smallest absolute Gasteiger partial charge is 0.304 e. The van der Waals surface area contributed by atoms with Crippen molar-refractivity contribution in [3.63, 3.8) is 0 Å². The maximum atomic E-state index is 12.3. The fraction of sp³-hybridized carbons (Fsp3) is 0.643. The molecule has 1 aromatic heterocycles. The Labute approximate surface area is 134 Å². The number of hydrogen-bond donors (Lipinski definition) is 1. The molecule has 0 spiro atoms. The summed E-state index contributed by atoms with van der Waals surface area (Å²) in [4.78, 5) is 13.2. The van der Waals surface area contributed by atoms with Gasteiger partial charge in [0.2, 0.25) is 0 Å². The van der Waals surface area contributed by atoms with Crippen molar-refractivity contribution < 1.29 is 17.9 Å². The molecule has 0 aromatic carbocycles. The Morgan fingerprint density at radius 3 is 3.05 bits per heavy atom. The molecule has 1 amide bonds. The molecule has 8 heteroatoms. The number of carbonyl (C=O) groups is 1.